The zero-order valence-electron chi connectivity index (χ0n) is 14.5. The van der Waals surface area contributed by atoms with Gasteiger partial charge in [0.15, 0.2) is 0 Å². The summed E-state index contributed by atoms with van der Waals surface area (Å²) in [5, 5.41) is 2.77. The standard InChI is InChI=1S/C21H28N2O/c1-2-10-21-18(6-1)7-5-8-19(21)16-23-11-4-3-9-20(23)17-22-12-14-24-15-13-22/h1-2,5-8,10,20H,3-4,9,11-17H2. The van der Waals surface area contributed by atoms with Crippen molar-refractivity contribution in [1.29, 1.82) is 0 Å². The maximum atomic E-state index is 5.50. The molecule has 2 aliphatic heterocycles. The molecule has 128 valence electrons. The minimum Gasteiger partial charge on any atom is -0.379 e. The predicted molar refractivity (Wildman–Crippen MR) is 99.3 cm³/mol. The van der Waals surface area contributed by atoms with Crippen molar-refractivity contribution >= 4 is 10.8 Å². The third kappa shape index (κ3) is 3.64. The lowest BCUT2D eigenvalue weighted by Gasteiger charge is -2.39. The van der Waals surface area contributed by atoms with E-state index >= 15 is 0 Å². The molecule has 0 spiro atoms. The lowest BCUT2D eigenvalue weighted by Crippen LogP contribution is -2.49. The molecule has 1 unspecified atom stereocenters. The Balaban J connectivity index is 1.50. The Morgan fingerprint density at radius 1 is 0.917 bits per heavy atom. The lowest BCUT2D eigenvalue weighted by atomic mass is 9.98. The van der Waals surface area contributed by atoms with Crippen LogP contribution in [0.5, 0.6) is 0 Å². The zero-order chi connectivity index (χ0) is 16.2. The van der Waals surface area contributed by atoms with Gasteiger partial charge in [-0.15, -0.1) is 0 Å². The van der Waals surface area contributed by atoms with Crippen LogP contribution < -0.4 is 0 Å². The van der Waals surface area contributed by atoms with Crippen LogP contribution in [0, 0.1) is 0 Å². The molecule has 0 N–H and O–H groups in total. The second kappa shape index (κ2) is 7.64. The summed E-state index contributed by atoms with van der Waals surface area (Å²) in [6.07, 6.45) is 4.05. The highest BCUT2D eigenvalue weighted by atomic mass is 16.5. The monoisotopic (exact) mass is 324 g/mol. The van der Waals surface area contributed by atoms with Crippen molar-refractivity contribution in [1.82, 2.24) is 9.80 Å². The first-order chi connectivity index (χ1) is 11.9. The van der Waals surface area contributed by atoms with E-state index in [-0.39, 0.29) is 0 Å². The van der Waals surface area contributed by atoms with E-state index in [0.29, 0.717) is 6.04 Å². The highest BCUT2D eigenvalue weighted by molar-refractivity contribution is 5.85. The molecule has 24 heavy (non-hydrogen) atoms. The van der Waals surface area contributed by atoms with Crippen molar-refractivity contribution in [2.24, 2.45) is 0 Å². The Morgan fingerprint density at radius 2 is 1.75 bits per heavy atom. The molecule has 2 aromatic carbocycles. The second-order valence-electron chi connectivity index (χ2n) is 7.17. The molecule has 1 atom stereocenters. The molecule has 2 aliphatic rings. The van der Waals surface area contributed by atoms with Crippen LogP contribution in [-0.2, 0) is 11.3 Å². The summed E-state index contributed by atoms with van der Waals surface area (Å²) in [5.74, 6) is 0. The highest BCUT2D eigenvalue weighted by Gasteiger charge is 2.25. The van der Waals surface area contributed by atoms with Crippen molar-refractivity contribution in [3.8, 4) is 0 Å². The predicted octanol–water partition coefficient (Wildman–Crippen LogP) is 3.53. The van der Waals surface area contributed by atoms with Crippen LogP contribution in [0.4, 0.5) is 0 Å². The average Bonchev–Trinajstić information content (AvgIpc) is 2.64. The number of fused-ring (bicyclic) bond motifs is 1. The molecule has 2 aromatic rings. The van der Waals surface area contributed by atoms with E-state index < -0.39 is 0 Å². The summed E-state index contributed by atoms with van der Waals surface area (Å²) in [6, 6.07) is 16.2. The number of hydrogen-bond acceptors (Lipinski definition) is 3. The number of likely N-dealkylation sites (tertiary alicyclic amines) is 1. The van der Waals surface area contributed by atoms with E-state index in [9.17, 15) is 0 Å². The van der Waals surface area contributed by atoms with Crippen molar-refractivity contribution in [3.05, 3.63) is 48.0 Å². The molecule has 2 heterocycles. The molecule has 0 aromatic heterocycles. The van der Waals surface area contributed by atoms with Gasteiger partial charge >= 0.3 is 0 Å². The van der Waals surface area contributed by atoms with Crippen LogP contribution in [0.15, 0.2) is 42.5 Å². The number of ether oxygens (including phenoxy) is 1. The minimum atomic E-state index is 0.691. The Labute approximate surface area is 145 Å². The average molecular weight is 324 g/mol. The molecule has 0 amide bonds. The molecule has 0 bridgehead atoms. The van der Waals surface area contributed by atoms with Crippen LogP contribution in [0.2, 0.25) is 0 Å². The van der Waals surface area contributed by atoms with Gasteiger partial charge in [-0.1, -0.05) is 48.9 Å². The minimum absolute atomic E-state index is 0.691. The Bertz CT molecular complexity index is 660. The number of nitrogens with zero attached hydrogens (tertiary/aromatic N) is 2. The number of benzene rings is 2. The number of piperidine rings is 1. The molecule has 2 saturated heterocycles. The summed E-state index contributed by atoms with van der Waals surface area (Å²) in [5.41, 5.74) is 1.47. The van der Waals surface area contributed by atoms with Crippen LogP contribution in [0.25, 0.3) is 10.8 Å². The number of morpholine rings is 1. The largest absolute Gasteiger partial charge is 0.379 e. The fraction of sp³-hybridized carbons (Fsp3) is 0.524. The maximum Gasteiger partial charge on any atom is 0.0594 e. The SMILES string of the molecule is c1ccc2c(CN3CCCCC3CN3CCOCC3)cccc2c1. The number of hydrogen-bond donors (Lipinski definition) is 0. The summed E-state index contributed by atoms with van der Waals surface area (Å²) in [4.78, 5) is 5.32. The molecule has 2 fully saturated rings. The second-order valence-corrected chi connectivity index (χ2v) is 7.17. The van der Waals surface area contributed by atoms with Gasteiger partial charge in [-0.2, -0.15) is 0 Å². The molecule has 0 saturated carbocycles. The summed E-state index contributed by atoms with van der Waals surface area (Å²) >= 11 is 0. The van der Waals surface area contributed by atoms with Gasteiger partial charge in [-0.25, -0.2) is 0 Å². The van der Waals surface area contributed by atoms with Crippen molar-refractivity contribution in [2.45, 2.75) is 31.8 Å². The fourth-order valence-electron chi connectivity index (χ4n) is 4.21. The first kappa shape index (κ1) is 16.1. The van der Waals surface area contributed by atoms with Gasteiger partial charge in [0.25, 0.3) is 0 Å². The van der Waals surface area contributed by atoms with Crippen LogP contribution in [0.3, 0.4) is 0 Å². The van der Waals surface area contributed by atoms with E-state index in [1.54, 1.807) is 0 Å². The molecule has 3 nitrogen and oxygen atoms in total. The van der Waals surface area contributed by atoms with E-state index in [1.807, 2.05) is 0 Å². The topological polar surface area (TPSA) is 15.7 Å². The summed E-state index contributed by atoms with van der Waals surface area (Å²) in [7, 11) is 0. The van der Waals surface area contributed by atoms with Gasteiger partial charge in [-0.3, -0.25) is 9.80 Å². The van der Waals surface area contributed by atoms with Crippen LogP contribution in [-0.4, -0.2) is 55.2 Å². The fourth-order valence-corrected chi connectivity index (χ4v) is 4.21. The van der Waals surface area contributed by atoms with E-state index in [2.05, 4.69) is 52.3 Å². The highest BCUT2D eigenvalue weighted by Crippen LogP contribution is 2.25. The van der Waals surface area contributed by atoms with E-state index in [0.717, 1.165) is 32.8 Å². The third-order valence-electron chi connectivity index (χ3n) is 5.58. The van der Waals surface area contributed by atoms with Crippen LogP contribution in [0.1, 0.15) is 24.8 Å². The Kier molecular flexibility index (Phi) is 5.12. The van der Waals surface area contributed by atoms with E-state index in [4.69, 9.17) is 4.74 Å². The van der Waals surface area contributed by atoms with Crippen molar-refractivity contribution < 1.29 is 4.74 Å². The Morgan fingerprint density at radius 3 is 2.67 bits per heavy atom. The van der Waals surface area contributed by atoms with Crippen LogP contribution >= 0.6 is 0 Å². The van der Waals surface area contributed by atoms with Gasteiger partial charge < -0.3 is 4.74 Å². The maximum absolute atomic E-state index is 5.50. The Hall–Kier alpha value is -1.42. The molecule has 3 heteroatoms. The lowest BCUT2D eigenvalue weighted by molar-refractivity contribution is 0.0154. The number of rotatable bonds is 4. The molecule has 0 radical (unpaired) electrons. The molecular weight excluding hydrogens is 296 g/mol. The molecular formula is C21H28N2O. The zero-order valence-corrected chi connectivity index (χ0v) is 14.5. The normalized spacial score (nSPS) is 23.6. The van der Waals surface area contributed by atoms with E-state index in [1.165, 1.54) is 48.7 Å². The first-order valence-electron chi connectivity index (χ1n) is 9.41. The van der Waals surface area contributed by atoms with Gasteiger partial charge in [0.05, 0.1) is 13.2 Å². The third-order valence-corrected chi connectivity index (χ3v) is 5.58. The van der Waals surface area contributed by atoms with Gasteiger partial charge in [-0.05, 0) is 35.7 Å². The van der Waals surface area contributed by atoms with Crippen molar-refractivity contribution in [2.75, 3.05) is 39.4 Å². The smallest absolute Gasteiger partial charge is 0.0594 e. The van der Waals surface area contributed by atoms with Gasteiger partial charge in [0.1, 0.15) is 0 Å². The van der Waals surface area contributed by atoms with Gasteiger partial charge in [0, 0.05) is 32.2 Å². The van der Waals surface area contributed by atoms with Crippen molar-refractivity contribution in [3.63, 3.8) is 0 Å². The summed E-state index contributed by atoms with van der Waals surface area (Å²) in [6.45, 7) is 7.51. The molecule has 0 aliphatic carbocycles. The molecule has 4 rings (SSSR count). The van der Waals surface area contributed by atoms with Gasteiger partial charge in [0.2, 0.25) is 0 Å². The summed E-state index contributed by atoms with van der Waals surface area (Å²) < 4.78 is 5.50. The first-order valence-corrected chi connectivity index (χ1v) is 9.41. The quantitative estimate of drug-likeness (QED) is 0.856.